The van der Waals surface area contributed by atoms with E-state index in [0.717, 1.165) is 39.3 Å². The van der Waals surface area contributed by atoms with Gasteiger partial charge in [-0.25, -0.2) is 4.79 Å². The minimum atomic E-state index is -0.349. The Balaban J connectivity index is 1.57. The molecule has 0 bridgehead atoms. The van der Waals surface area contributed by atoms with Crippen LogP contribution in [0.25, 0.3) is 11.0 Å². The summed E-state index contributed by atoms with van der Waals surface area (Å²) in [6.45, 7) is 5.91. The molecule has 1 amide bonds. The first-order chi connectivity index (χ1) is 13.5. The lowest BCUT2D eigenvalue weighted by Crippen LogP contribution is -2.32. The van der Waals surface area contributed by atoms with E-state index in [4.69, 9.17) is 4.42 Å². The van der Waals surface area contributed by atoms with Crippen LogP contribution in [0, 0.1) is 13.8 Å². The molecule has 1 saturated carbocycles. The molecule has 28 heavy (non-hydrogen) atoms. The van der Waals surface area contributed by atoms with Gasteiger partial charge >= 0.3 is 5.63 Å². The van der Waals surface area contributed by atoms with Gasteiger partial charge in [0.25, 0.3) is 0 Å². The molecule has 0 aliphatic heterocycles. The van der Waals surface area contributed by atoms with E-state index in [2.05, 4.69) is 16.3 Å². The number of amides is 1. The summed E-state index contributed by atoms with van der Waals surface area (Å²) in [5.41, 5.74) is 3.43. The Labute approximate surface area is 171 Å². The molecular formula is C20H21N3O3S2. The highest BCUT2D eigenvalue weighted by Crippen LogP contribution is 2.37. The topological polar surface area (TPSA) is 76.3 Å². The van der Waals surface area contributed by atoms with Crippen molar-refractivity contribution < 1.29 is 9.21 Å². The maximum Gasteiger partial charge on any atom is 0.336 e. The summed E-state index contributed by atoms with van der Waals surface area (Å²) in [5, 5.41) is 10.1. The van der Waals surface area contributed by atoms with Gasteiger partial charge in [-0.2, -0.15) is 0 Å². The van der Waals surface area contributed by atoms with Crippen molar-refractivity contribution in [2.24, 2.45) is 0 Å². The summed E-state index contributed by atoms with van der Waals surface area (Å²) >= 11 is 2.95. The van der Waals surface area contributed by atoms with Gasteiger partial charge in [0, 0.05) is 29.7 Å². The van der Waals surface area contributed by atoms with Crippen LogP contribution < -0.4 is 10.5 Å². The Morgan fingerprint density at radius 2 is 2.00 bits per heavy atom. The Hall–Kier alpha value is -2.19. The third-order valence-corrected chi connectivity index (χ3v) is 6.99. The summed E-state index contributed by atoms with van der Waals surface area (Å²) in [7, 11) is 0. The normalized spacial score (nSPS) is 13.8. The van der Waals surface area contributed by atoms with Crippen LogP contribution in [-0.2, 0) is 10.5 Å². The van der Waals surface area contributed by atoms with Crippen molar-refractivity contribution in [1.29, 1.82) is 0 Å². The third-order valence-electron chi connectivity index (χ3n) is 4.88. The van der Waals surface area contributed by atoms with Crippen LogP contribution in [0.4, 0.5) is 5.13 Å². The first kappa shape index (κ1) is 19.1. The minimum absolute atomic E-state index is 0.0905. The maximum absolute atomic E-state index is 12.2. The molecule has 2 heterocycles. The van der Waals surface area contributed by atoms with Crippen molar-refractivity contribution in [2.75, 3.05) is 4.90 Å². The van der Waals surface area contributed by atoms with Gasteiger partial charge in [0.05, 0.1) is 0 Å². The minimum Gasteiger partial charge on any atom is -0.423 e. The van der Waals surface area contributed by atoms with Crippen LogP contribution in [0.2, 0.25) is 0 Å². The molecule has 1 fully saturated rings. The van der Waals surface area contributed by atoms with Gasteiger partial charge in [0.15, 0.2) is 4.34 Å². The van der Waals surface area contributed by atoms with E-state index in [1.54, 1.807) is 11.0 Å². The first-order valence-electron chi connectivity index (χ1n) is 9.28. The second-order valence-electron chi connectivity index (χ2n) is 7.01. The lowest BCUT2D eigenvalue weighted by atomic mass is 10.0. The number of rotatable bonds is 6. The van der Waals surface area contributed by atoms with Crippen molar-refractivity contribution in [3.63, 3.8) is 0 Å². The van der Waals surface area contributed by atoms with Crippen molar-refractivity contribution in [3.8, 4) is 0 Å². The quantitative estimate of drug-likeness (QED) is 0.336. The Bertz CT molecular complexity index is 1100. The van der Waals surface area contributed by atoms with Crippen LogP contribution in [0.3, 0.4) is 0 Å². The largest absolute Gasteiger partial charge is 0.423 e. The van der Waals surface area contributed by atoms with Gasteiger partial charge in [0.2, 0.25) is 11.0 Å². The number of nitrogens with zero attached hydrogens (tertiary/aromatic N) is 3. The molecule has 146 valence electrons. The molecule has 0 radical (unpaired) electrons. The van der Waals surface area contributed by atoms with E-state index >= 15 is 0 Å². The molecule has 1 aliphatic carbocycles. The smallest absolute Gasteiger partial charge is 0.336 e. The van der Waals surface area contributed by atoms with E-state index < -0.39 is 0 Å². The van der Waals surface area contributed by atoms with Gasteiger partial charge in [-0.15, -0.1) is 10.2 Å². The van der Waals surface area contributed by atoms with E-state index in [-0.39, 0.29) is 17.6 Å². The van der Waals surface area contributed by atoms with Gasteiger partial charge in [-0.3, -0.25) is 9.69 Å². The summed E-state index contributed by atoms with van der Waals surface area (Å²) in [4.78, 5) is 26.0. The summed E-state index contributed by atoms with van der Waals surface area (Å²) < 4.78 is 6.15. The standard InChI is InChI=1S/C20H21N3O3S2/c1-4-17(24)23(14-5-6-14)19-21-22-20(28-19)27-10-13-9-18(25)26-16-8-12(3)11(2)7-15(13)16/h7-9,14H,4-6,10H2,1-3H3. The van der Waals surface area contributed by atoms with Crippen LogP contribution in [-0.4, -0.2) is 22.1 Å². The molecule has 3 aromatic rings. The number of anilines is 1. The highest BCUT2D eigenvalue weighted by molar-refractivity contribution is 8.00. The Morgan fingerprint density at radius 3 is 2.71 bits per heavy atom. The van der Waals surface area contributed by atoms with Crippen LogP contribution in [0.15, 0.2) is 31.8 Å². The zero-order chi connectivity index (χ0) is 19.8. The highest BCUT2D eigenvalue weighted by atomic mass is 32.2. The average molecular weight is 416 g/mol. The van der Waals surface area contributed by atoms with Crippen LogP contribution >= 0.6 is 23.1 Å². The number of benzene rings is 1. The lowest BCUT2D eigenvalue weighted by Gasteiger charge is -2.17. The van der Waals surface area contributed by atoms with E-state index in [0.29, 0.717) is 22.9 Å². The molecule has 8 heteroatoms. The van der Waals surface area contributed by atoms with Gasteiger partial charge in [-0.05, 0) is 55.5 Å². The first-order valence-corrected chi connectivity index (χ1v) is 11.1. The fourth-order valence-corrected chi connectivity index (χ4v) is 4.99. The average Bonchev–Trinajstić information content (AvgIpc) is 3.38. The predicted octanol–water partition coefficient (Wildman–Crippen LogP) is 4.46. The molecule has 1 aromatic carbocycles. The van der Waals surface area contributed by atoms with Crippen molar-refractivity contribution in [1.82, 2.24) is 10.2 Å². The molecule has 2 aromatic heterocycles. The molecule has 0 saturated heterocycles. The number of aromatic nitrogens is 2. The SMILES string of the molecule is CCC(=O)N(c1nnc(SCc2cc(=O)oc3cc(C)c(C)cc23)s1)C1CC1. The highest BCUT2D eigenvalue weighted by Gasteiger charge is 2.35. The predicted molar refractivity (Wildman–Crippen MR) is 112 cm³/mol. The molecule has 0 atom stereocenters. The van der Waals surface area contributed by atoms with E-state index in [9.17, 15) is 9.59 Å². The maximum atomic E-state index is 12.2. The number of fused-ring (bicyclic) bond motifs is 1. The summed E-state index contributed by atoms with van der Waals surface area (Å²) in [5.74, 6) is 0.678. The third kappa shape index (κ3) is 3.84. The number of hydrogen-bond acceptors (Lipinski definition) is 7. The molecular weight excluding hydrogens is 394 g/mol. The molecule has 4 rings (SSSR count). The summed E-state index contributed by atoms with van der Waals surface area (Å²) in [6.07, 6.45) is 2.51. The van der Waals surface area contributed by atoms with Crippen molar-refractivity contribution >= 4 is 45.1 Å². The van der Waals surface area contributed by atoms with Gasteiger partial charge in [-0.1, -0.05) is 30.0 Å². The molecule has 6 nitrogen and oxygen atoms in total. The zero-order valence-electron chi connectivity index (χ0n) is 16.0. The molecule has 0 unspecified atom stereocenters. The number of hydrogen-bond donors (Lipinski definition) is 0. The monoisotopic (exact) mass is 415 g/mol. The van der Waals surface area contributed by atoms with Crippen molar-refractivity contribution in [3.05, 3.63) is 45.3 Å². The fourth-order valence-electron chi connectivity index (χ4n) is 3.07. The van der Waals surface area contributed by atoms with E-state index in [1.807, 2.05) is 26.8 Å². The molecule has 0 N–H and O–H groups in total. The van der Waals surface area contributed by atoms with Crippen molar-refractivity contribution in [2.45, 2.75) is 56.2 Å². The van der Waals surface area contributed by atoms with Gasteiger partial charge in [0.1, 0.15) is 5.58 Å². The number of carbonyl (C=O) groups is 1. The zero-order valence-corrected chi connectivity index (χ0v) is 17.7. The number of aryl methyl sites for hydroxylation is 2. The molecule has 0 spiro atoms. The van der Waals surface area contributed by atoms with Gasteiger partial charge < -0.3 is 4.42 Å². The second-order valence-corrected chi connectivity index (χ2v) is 9.19. The second kappa shape index (κ2) is 7.67. The lowest BCUT2D eigenvalue weighted by molar-refractivity contribution is -0.118. The molecule has 1 aliphatic rings. The van der Waals surface area contributed by atoms with Crippen LogP contribution in [0.5, 0.6) is 0 Å². The summed E-state index contributed by atoms with van der Waals surface area (Å²) in [6, 6.07) is 5.78. The Morgan fingerprint density at radius 1 is 1.25 bits per heavy atom. The fraction of sp³-hybridized carbons (Fsp3) is 0.400. The number of carbonyl (C=O) groups excluding carboxylic acids is 1. The van der Waals surface area contributed by atoms with Crippen LogP contribution in [0.1, 0.15) is 42.9 Å². The Kier molecular flexibility index (Phi) is 5.25. The number of thioether (sulfide) groups is 1. The van der Waals surface area contributed by atoms with E-state index in [1.165, 1.54) is 23.1 Å².